The predicted octanol–water partition coefficient (Wildman–Crippen LogP) is 2.94. The summed E-state index contributed by atoms with van der Waals surface area (Å²) in [5.41, 5.74) is 1.65. The summed E-state index contributed by atoms with van der Waals surface area (Å²) >= 11 is 0. The second kappa shape index (κ2) is 6.58. The quantitative estimate of drug-likeness (QED) is 0.883. The van der Waals surface area contributed by atoms with Gasteiger partial charge < -0.3 is 10.0 Å². The van der Waals surface area contributed by atoms with Crippen molar-refractivity contribution in [1.29, 1.82) is 5.26 Å². The molecule has 0 bridgehead atoms. The SMILES string of the molecule is CN(CC(O)CC1CCCC1)c1cccc(C#N)c1. The minimum atomic E-state index is -0.279. The van der Waals surface area contributed by atoms with Crippen LogP contribution >= 0.6 is 0 Å². The fraction of sp³-hybridized carbons (Fsp3) is 0.562. The average Bonchev–Trinajstić information content (AvgIpc) is 2.91. The third kappa shape index (κ3) is 3.97. The Morgan fingerprint density at radius 2 is 2.16 bits per heavy atom. The van der Waals surface area contributed by atoms with E-state index in [1.807, 2.05) is 30.1 Å². The first kappa shape index (κ1) is 13.9. The maximum atomic E-state index is 10.2. The second-order valence-corrected chi connectivity index (χ2v) is 5.58. The largest absolute Gasteiger partial charge is 0.391 e. The molecule has 2 rings (SSSR count). The van der Waals surface area contributed by atoms with Crippen LogP contribution < -0.4 is 4.90 Å². The highest BCUT2D eigenvalue weighted by Gasteiger charge is 2.19. The Balaban J connectivity index is 1.88. The summed E-state index contributed by atoms with van der Waals surface area (Å²) in [7, 11) is 1.97. The van der Waals surface area contributed by atoms with Gasteiger partial charge >= 0.3 is 0 Å². The molecule has 0 aromatic heterocycles. The molecule has 0 saturated heterocycles. The number of likely N-dealkylation sites (N-methyl/N-ethyl adjacent to an activating group) is 1. The first-order chi connectivity index (χ1) is 9.19. The topological polar surface area (TPSA) is 47.3 Å². The smallest absolute Gasteiger partial charge is 0.0992 e. The lowest BCUT2D eigenvalue weighted by Crippen LogP contribution is -2.30. The van der Waals surface area contributed by atoms with Gasteiger partial charge in [-0.15, -0.1) is 0 Å². The Hall–Kier alpha value is -1.53. The van der Waals surface area contributed by atoms with Crippen LogP contribution in [0.4, 0.5) is 5.69 Å². The summed E-state index contributed by atoms with van der Waals surface area (Å²) in [6.07, 6.45) is 5.80. The number of aliphatic hydroxyl groups excluding tert-OH is 1. The maximum absolute atomic E-state index is 10.2. The minimum Gasteiger partial charge on any atom is -0.391 e. The van der Waals surface area contributed by atoms with Crippen LogP contribution in [0.15, 0.2) is 24.3 Å². The third-order valence-corrected chi connectivity index (χ3v) is 3.98. The van der Waals surface area contributed by atoms with Gasteiger partial charge in [0.1, 0.15) is 0 Å². The van der Waals surface area contributed by atoms with Crippen LogP contribution in [-0.4, -0.2) is 24.8 Å². The first-order valence-corrected chi connectivity index (χ1v) is 7.08. The Morgan fingerprint density at radius 1 is 1.42 bits per heavy atom. The van der Waals surface area contributed by atoms with Crippen molar-refractivity contribution in [3.63, 3.8) is 0 Å². The number of anilines is 1. The summed E-state index contributed by atoms with van der Waals surface area (Å²) < 4.78 is 0. The zero-order valence-electron chi connectivity index (χ0n) is 11.5. The van der Waals surface area contributed by atoms with Gasteiger partial charge in [-0.1, -0.05) is 31.7 Å². The fourth-order valence-electron chi connectivity index (χ4n) is 2.94. The maximum Gasteiger partial charge on any atom is 0.0992 e. The molecule has 19 heavy (non-hydrogen) atoms. The zero-order valence-corrected chi connectivity index (χ0v) is 11.5. The van der Waals surface area contributed by atoms with E-state index in [0.29, 0.717) is 18.0 Å². The van der Waals surface area contributed by atoms with E-state index in [1.165, 1.54) is 25.7 Å². The first-order valence-electron chi connectivity index (χ1n) is 7.08. The molecule has 0 spiro atoms. The normalized spacial score (nSPS) is 17.1. The van der Waals surface area contributed by atoms with Crippen LogP contribution in [0, 0.1) is 17.2 Å². The van der Waals surface area contributed by atoms with Crippen molar-refractivity contribution in [1.82, 2.24) is 0 Å². The van der Waals surface area contributed by atoms with Gasteiger partial charge in [0.15, 0.2) is 0 Å². The number of nitrogens with zero attached hydrogens (tertiary/aromatic N) is 2. The standard InChI is InChI=1S/C16H22N2O/c1-18(15-8-4-7-14(9-15)11-17)12-16(19)10-13-5-2-3-6-13/h4,7-9,13,16,19H,2-3,5-6,10,12H2,1H3. The van der Waals surface area contributed by atoms with E-state index in [1.54, 1.807) is 6.07 Å². The molecule has 3 heteroatoms. The predicted molar refractivity (Wildman–Crippen MR) is 77.0 cm³/mol. The highest BCUT2D eigenvalue weighted by Crippen LogP contribution is 2.29. The molecular formula is C16H22N2O. The van der Waals surface area contributed by atoms with Crippen LogP contribution in [0.5, 0.6) is 0 Å². The molecule has 1 aromatic carbocycles. The molecule has 1 unspecified atom stereocenters. The van der Waals surface area contributed by atoms with Gasteiger partial charge in [0, 0.05) is 19.3 Å². The van der Waals surface area contributed by atoms with E-state index in [9.17, 15) is 5.11 Å². The Kier molecular flexibility index (Phi) is 4.81. The molecule has 1 aliphatic carbocycles. The van der Waals surface area contributed by atoms with Gasteiger partial charge in [0.05, 0.1) is 17.7 Å². The van der Waals surface area contributed by atoms with E-state index in [4.69, 9.17) is 5.26 Å². The summed E-state index contributed by atoms with van der Waals surface area (Å²) in [5.74, 6) is 0.703. The lowest BCUT2D eigenvalue weighted by atomic mass is 10.00. The monoisotopic (exact) mass is 258 g/mol. The molecule has 3 nitrogen and oxygen atoms in total. The van der Waals surface area contributed by atoms with E-state index < -0.39 is 0 Å². The summed E-state index contributed by atoms with van der Waals surface area (Å²) in [6.45, 7) is 0.630. The molecule has 1 aliphatic rings. The van der Waals surface area contributed by atoms with Gasteiger partial charge in [-0.05, 0) is 30.5 Å². The second-order valence-electron chi connectivity index (χ2n) is 5.58. The highest BCUT2D eigenvalue weighted by atomic mass is 16.3. The van der Waals surface area contributed by atoms with Gasteiger partial charge in [0.25, 0.3) is 0 Å². The van der Waals surface area contributed by atoms with Crippen molar-refractivity contribution in [2.24, 2.45) is 5.92 Å². The molecule has 1 fully saturated rings. The number of aliphatic hydroxyl groups is 1. The van der Waals surface area contributed by atoms with Crippen molar-refractivity contribution in [2.45, 2.75) is 38.2 Å². The molecule has 102 valence electrons. The van der Waals surface area contributed by atoms with E-state index in [0.717, 1.165) is 12.1 Å². The molecular weight excluding hydrogens is 236 g/mol. The van der Waals surface area contributed by atoms with E-state index >= 15 is 0 Å². The van der Waals surface area contributed by atoms with Gasteiger partial charge in [0.2, 0.25) is 0 Å². The van der Waals surface area contributed by atoms with Crippen LogP contribution in [0.25, 0.3) is 0 Å². The zero-order chi connectivity index (χ0) is 13.7. The average molecular weight is 258 g/mol. The number of hydrogen-bond donors (Lipinski definition) is 1. The fourth-order valence-corrected chi connectivity index (χ4v) is 2.94. The summed E-state index contributed by atoms with van der Waals surface area (Å²) in [6, 6.07) is 9.66. The molecule has 1 atom stereocenters. The molecule has 1 saturated carbocycles. The van der Waals surface area contributed by atoms with Crippen LogP contribution in [0.3, 0.4) is 0 Å². The van der Waals surface area contributed by atoms with Crippen molar-refractivity contribution in [2.75, 3.05) is 18.5 Å². The van der Waals surface area contributed by atoms with E-state index in [-0.39, 0.29) is 6.10 Å². The van der Waals surface area contributed by atoms with Crippen molar-refractivity contribution in [3.05, 3.63) is 29.8 Å². The molecule has 1 N–H and O–H groups in total. The summed E-state index contributed by atoms with van der Waals surface area (Å²) in [5, 5.41) is 19.1. The van der Waals surface area contributed by atoms with Gasteiger partial charge in [-0.2, -0.15) is 5.26 Å². The van der Waals surface area contributed by atoms with Gasteiger partial charge in [-0.25, -0.2) is 0 Å². The van der Waals surface area contributed by atoms with Crippen LogP contribution in [-0.2, 0) is 0 Å². The number of nitriles is 1. The molecule has 0 amide bonds. The van der Waals surface area contributed by atoms with Crippen molar-refractivity contribution >= 4 is 5.69 Å². The Morgan fingerprint density at radius 3 is 2.84 bits per heavy atom. The molecule has 0 radical (unpaired) electrons. The number of hydrogen-bond acceptors (Lipinski definition) is 3. The summed E-state index contributed by atoms with van der Waals surface area (Å²) in [4.78, 5) is 2.03. The van der Waals surface area contributed by atoms with E-state index in [2.05, 4.69) is 6.07 Å². The number of rotatable bonds is 5. The molecule has 1 aromatic rings. The van der Waals surface area contributed by atoms with Crippen LogP contribution in [0.1, 0.15) is 37.7 Å². The van der Waals surface area contributed by atoms with Crippen molar-refractivity contribution in [3.8, 4) is 6.07 Å². The van der Waals surface area contributed by atoms with Crippen molar-refractivity contribution < 1.29 is 5.11 Å². The highest BCUT2D eigenvalue weighted by molar-refractivity contribution is 5.50. The van der Waals surface area contributed by atoms with Crippen LogP contribution in [0.2, 0.25) is 0 Å². The number of benzene rings is 1. The lowest BCUT2D eigenvalue weighted by molar-refractivity contribution is 0.149. The lowest BCUT2D eigenvalue weighted by Gasteiger charge is -2.24. The Labute approximate surface area is 115 Å². The Bertz CT molecular complexity index is 446. The van der Waals surface area contributed by atoms with Gasteiger partial charge in [-0.3, -0.25) is 0 Å². The molecule has 0 aliphatic heterocycles. The third-order valence-electron chi connectivity index (χ3n) is 3.98. The molecule has 0 heterocycles. The minimum absolute atomic E-state index is 0.279.